The Morgan fingerprint density at radius 1 is 1.24 bits per heavy atom. The highest BCUT2D eigenvalue weighted by atomic mass is 28.3. The summed E-state index contributed by atoms with van der Waals surface area (Å²) in [6, 6.07) is 1.38. The van der Waals surface area contributed by atoms with Gasteiger partial charge in [0.25, 0.3) is 0 Å². The largest absolute Gasteiger partial charge is 0.381 e. The molecule has 2 nitrogen and oxygen atoms in total. The van der Waals surface area contributed by atoms with Crippen molar-refractivity contribution in [2.24, 2.45) is 5.41 Å². The normalized spacial score (nSPS) is 27.2. The fourth-order valence-electron chi connectivity index (χ4n) is 2.83. The summed E-state index contributed by atoms with van der Waals surface area (Å²) in [5, 5.41) is 3.70. The van der Waals surface area contributed by atoms with Crippen molar-refractivity contribution in [3.05, 3.63) is 0 Å². The molecule has 1 aliphatic heterocycles. The number of hydrogen-bond acceptors (Lipinski definition) is 2. The molecule has 3 heteroatoms. The van der Waals surface area contributed by atoms with Gasteiger partial charge in [-0.15, -0.1) is 0 Å². The summed E-state index contributed by atoms with van der Waals surface area (Å²) < 4.78 is 5.78. The third-order valence-corrected chi connectivity index (χ3v) is 5.11. The predicted molar refractivity (Wildman–Crippen MR) is 78.4 cm³/mol. The lowest BCUT2D eigenvalue weighted by molar-refractivity contribution is -0.000275. The standard InChI is InChI=1S/C14H31NOSi/c1-13(2,3)15-10-14(12-17(4,5)6)8-7-9-16-11-14/h15H,7-12H2,1-6H3. The van der Waals surface area contributed by atoms with E-state index in [4.69, 9.17) is 4.74 Å². The van der Waals surface area contributed by atoms with Crippen LogP contribution in [0.5, 0.6) is 0 Å². The van der Waals surface area contributed by atoms with Crippen LogP contribution in [-0.4, -0.2) is 33.4 Å². The van der Waals surface area contributed by atoms with Gasteiger partial charge < -0.3 is 10.1 Å². The predicted octanol–water partition coefficient (Wildman–Crippen LogP) is 3.51. The summed E-state index contributed by atoms with van der Waals surface area (Å²) in [6.45, 7) is 17.2. The zero-order chi connectivity index (χ0) is 13.2. The van der Waals surface area contributed by atoms with Crippen LogP contribution in [0.25, 0.3) is 0 Å². The van der Waals surface area contributed by atoms with Crippen LogP contribution >= 0.6 is 0 Å². The molecule has 0 amide bonds. The van der Waals surface area contributed by atoms with Gasteiger partial charge in [-0.1, -0.05) is 19.6 Å². The van der Waals surface area contributed by atoms with Crippen molar-refractivity contribution >= 4 is 8.07 Å². The van der Waals surface area contributed by atoms with Crippen LogP contribution < -0.4 is 5.32 Å². The molecule has 1 aliphatic rings. The fourth-order valence-corrected chi connectivity index (χ4v) is 5.48. The molecule has 0 spiro atoms. The minimum absolute atomic E-state index is 0.212. The minimum Gasteiger partial charge on any atom is -0.381 e. The Kier molecular flexibility index (Phi) is 4.84. The average Bonchev–Trinajstić information content (AvgIpc) is 2.13. The molecule has 1 heterocycles. The van der Waals surface area contributed by atoms with Gasteiger partial charge in [0.05, 0.1) is 6.61 Å². The third-order valence-electron chi connectivity index (χ3n) is 3.30. The molecule has 1 fully saturated rings. The van der Waals surface area contributed by atoms with Gasteiger partial charge in [-0.05, 0) is 39.7 Å². The monoisotopic (exact) mass is 257 g/mol. The zero-order valence-corrected chi connectivity index (χ0v) is 13.7. The molecule has 1 rings (SSSR count). The van der Waals surface area contributed by atoms with Crippen molar-refractivity contribution in [1.82, 2.24) is 5.32 Å². The maximum atomic E-state index is 5.78. The Hall–Kier alpha value is 0.137. The van der Waals surface area contributed by atoms with Gasteiger partial charge in [0.15, 0.2) is 0 Å². The molecule has 1 N–H and O–H groups in total. The van der Waals surface area contributed by atoms with Crippen LogP contribution in [0.3, 0.4) is 0 Å². The van der Waals surface area contributed by atoms with Crippen LogP contribution in [0.2, 0.25) is 25.7 Å². The van der Waals surface area contributed by atoms with E-state index in [1.54, 1.807) is 0 Å². The Labute approximate surface area is 109 Å². The van der Waals surface area contributed by atoms with Crippen molar-refractivity contribution in [3.8, 4) is 0 Å². The van der Waals surface area contributed by atoms with Crippen molar-refractivity contribution in [2.45, 2.75) is 64.8 Å². The first-order valence-electron chi connectivity index (χ1n) is 6.95. The van der Waals surface area contributed by atoms with E-state index in [0.717, 1.165) is 19.8 Å². The third kappa shape index (κ3) is 6.02. The Morgan fingerprint density at radius 3 is 2.29 bits per heavy atom. The molecule has 1 atom stereocenters. The van der Waals surface area contributed by atoms with E-state index in [-0.39, 0.29) is 5.54 Å². The molecule has 0 aromatic heterocycles. The summed E-state index contributed by atoms with van der Waals surface area (Å²) in [7, 11) is -1.03. The smallest absolute Gasteiger partial charge is 0.0531 e. The van der Waals surface area contributed by atoms with E-state index in [1.165, 1.54) is 18.9 Å². The van der Waals surface area contributed by atoms with E-state index >= 15 is 0 Å². The summed E-state index contributed by atoms with van der Waals surface area (Å²) in [5.74, 6) is 0. The van der Waals surface area contributed by atoms with Gasteiger partial charge in [0, 0.05) is 32.2 Å². The second-order valence-corrected chi connectivity index (χ2v) is 13.5. The molecule has 102 valence electrons. The van der Waals surface area contributed by atoms with Gasteiger partial charge in [0.2, 0.25) is 0 Å². The molecule has 0 radical (unpaired) electrons. The highest BCUT2D eigenvalue weighted by molar-refractivity contribution is 6.76. The molecule has 1 unspecified atom stereocenters. The first-order chi connectivity index (χ1) is 7.62. The highest BCUT2D eigenvalue weighted by Crippen LogP contribution is 2.37. The molecule has 1 saturated heterocycles. The molecule has 0 aromatic carbocycles. The quantitative estimate of drug-likeness (QED) is 0.778. The van der Waals surface area contributed by atoms with E-state index in [2.05, 4.69) is 45.7 Å². The summed E-state index contributed by atoms with van der Waals surface area (Å²) in [4.78, 5) is 0. The van der Waals surface area contributed by atoms with Crippen LogP contribution in [0, 0.1) is 5.41 Å². The van der Waals surface area contributed by atoms with Gasteiger partial charge >= 0.3 is 0 Å². The van der Waals surface area contributed by atoms with Gasteiger partial charge in [-0.3, -0.25) is 0 Å². The van der Waals surface area contributed by atoms with E-state index in [0.29, 0.717) is 5.41 Å². The molecule has 0 aromatic rings. The van der Waals surface area contributed by atoms with Crippen LogP contribution in [0.15, 0.2) is 0 Å². The first-order valence-corrected chi connectivity index (χ1v) is 10.7. The maximum Gasteiger partial charge on any atom is 0.0531 e. The van der Waals surface area contributed by atoms with E-state index in [9.17, 15) is 0 Å². The number of ether oxygens (including phenoxy) is 1. The second-order valence-electron chi connectivity index (χ2n) is 8.00. The molecule has 0 bridgehead atoms. The van der Waals surface area contributed by atoms with Crippen LogP contribution in [-0.2, 0) is 4.74 Å². The lowest BCUT2D eigenvalue weighted by atomic mass is 9.83. The molecule has 0 saturated carbocycles. The number of nitrogens with one attached hydrogen (secondary N) is 1. The summed E-state index contributed by atoms with van der Waals surface area (Å²) in [5.41, 5.74) is 0.611. The van der Waals surface area contributed by atoms with Crippen molar-refractivity contribution < 1.29 is 4.74 Å². The van der Waals surface area contributed by atoms with Gasteiger partial charge in [-0.2, -0.15) is 0 Å². The van der Waals surface area contributed by atoms with E-state index in [1.807, 2.05) is 0 Å². The number of rotatable bonds is 4. The lowest BCUT2D eigenvalue weighted by Crippen LogP contribution is -2.49. The van der Waals surface area contributed by atoms with E-state index < -0.39 is 8.07 Å². The Morgan fingerprint density at radius 2 is 1.88 bits per heavy atom. The van der Waals surface area contributed by atoms with Crippen LogP contribution in [0.4, 0.5) is 0 Å². The lowest BCUT2D eigenvalue weighted by Gasteiger charge is -2.42. The maximum absolute atomic E-state index is 5.78. The summed E-state index contributed by atoms with van der Waals surface area (Å²) in [6.07, 6.45) is 2.57. The first kappa shape index (κ1) is 15.2. The molecular weight excluding hydrogens is 226 g/mol. The zero-order valence-electron chi connectivity index (χ0n) is 12.7. The Balaban J connectivity index is 2.65. The second kappa shape index (κ2) is 5.41. The minimum atomic E-state index is -1.03. The topological polar surface area (TPSA) is 21.3 Å². The summed E-state index contributed by atoms with van der Waals surface area (Å²) >= 11 is 0. The average molecular weight is 257 g/mol. The molecule has 0 aliphatic carbocycles. The van der Waals surface area contributed by atoms with Gasteiger partial charge in [0.1, 0.15) is 0 Å². The van der Waals surface area contributed by atoms with Crippen molar-refractivity contribution in [1.29, 1.82) is 0 Å². The SMILES string of the molecule is CC(C)(C)NCC1(C[Si](C)(C)C)CCCOC1. The Bertz CT molecular complexity index is 234. The van der Waals surface area contributed by atoms with Crippen LogP contribution in [0.1, 0.15) is 33.6 Å². The fraction of sp³-hybridized carbons (Fsp3) is 1.00. The molecule has 17 heavy (non-hydrogen) atoms. The number of hydrogen-bond donors (Lipinski definition) is 1. The van der Waals surface area contributed by atoms with Crippen molar-refractivity contribution in [3.63, 3.8) is 0 Å². The van der Waals surface area contributed by atoms with Gasteiger partial charge in [-0.25, -0.2) is 0 Å². The highest BCUT2D eigenvalue weighted by Gasteiger charge is 2.37. The van der Waals surface area contributed by atoms with Crippen molar-refractivity contribution in [2.75, 3.05) is 19.8 Å². The molecular formula is C14H31NOSi.